The van der Waals surface area contributed by atoms with E-state index in [0.29, 0.717) is 17.7 Å². The minimum Gasteiger partial charge on any atom is -0.399 e. The van der Waals surface area contributed by atoms with Gasteiger partial charge in [-0.3, -0.25) is 0 Å². The second kappa shape index (κ2) is 8.19. The van der Waals surface area contributed by atoms with Crippen molar-refractivity contribution >= 4 is 0 Å². The quantitative estimate of drug-likeness (QED) is 0.401. The fourth-order valence-electron chi connectivity index (χ4n) is 3.01. The number of benzene rings is 3. The molecule has 0 N–H and O–H groups in total. The van der Waals surface area contributed by atoms with E-state index in [4.69, 9.17) is 0 Å². The van der Waals surface area contributed by atoms with Gasteiger partial charge in [-0.25, -0.2) is 13.2 Å². The first-order valence-electron chi connectivity index (χ1n) is 8.82. The monoisotopic (exact) mass is 410 g/mol. The van der Waals surface area contributed by atoms with Crippen molar-refractivity contribution in [3.63, 3.8) is 0 Å². The van der Waals surface area contributed by atoms with Gasteiger partial charge in [0.05, 0.1) is 0 Å². The molecule has 0 radical (unpaired) electrons. The van der Waals surface area contributed by atoms with Crippen LogP contribution in [0.3, 0.4) is 0 Å². The molecule has 0 saturated heterocycles. The van der Waals surface area contributed by atoms with Gasteiger partial charge in [-0.2, -0.15) is 0 Å². The van der Waals surface area contributed by atoms with Crippen LogP contribution in [0, 0.1) is 17.5 Å². The summed E-state index contributed by atoms with van der Waals surface area (Å²) in [6, 6.07) is 12.9. The molecule has 0 heterocycles. The fraction of sp³-hybridized carbons (Fsp3) is 0.182. The average Bonchev–Trinajstić information content (AvgIpc) is 2.64. The lowest BCUT2D eigenvalue weighted by atomic mass is 9.98. The van der Waals surface area contributed by atoms with Crippen LogP contribution in [0.2, 0.25) is 0 Å². The summed E-state index contributed by atoms with van der Waals surface area (Å²) < 4.78 is 82.5. The minimum atomic E-state index is -5.25. The molecule has 152 valence electrons. The molecule has 1 nitrogen and oxygen atoms in total. The number of hydrogen-bond donors (Lipinski definition) is 0. The maximum atomic E-state index is 14.6. The van der Waals surface area contributed by atoms with Gasteiger partial charge in [-0.05, 0) is 46.9 Å². The molecule has 3 aromatic carbocycles. The maximum absolute atomic E-state index is 14.6. The van der Waals surface area contributed by atoms with Gasteiger partial charge >= 0.3 is 6.36 Å². The highest BCUT2D eigenvalue weighted by atomic mass is 19.4. The normalized spacial score (nSPS) is 11.6. The zero-order valence-corrected chi connectivity index (χ0v) is 15.3. The van der Waals surface area contributed by atoms with Gasteiger partial charge in [-0.1, -0.05) is 49.7 Å². The molecule has 3 rings (SSSR count). The van der Waals surface area contributed by atoms with Crippen LogP contribution in [0.15, 0.2) is 54.6 Å². The lowest BCUT2D eigenvalue weighted by Crippen LogP contribution is -2.19. The summed E-state index contributed by atoms with van der Waals surface area (Å²) in [6.07, 6.45) is -3.32. The highest BCUT2D eigenvalue weighted by molar-refractivity contribution is 5.71. The Bertz CT molecular complexity index is 986. The van der Waals surface area contributed by atoms with Crippen molar-refractivity contribution in [3.8, 4) is 28.0 Å². The van der Waals surface area contributed by atoms with Crippen LogP contribution in [-0.4, -0.2) is 6.36 Å². The maximum Gasteiger partial charge on any atom is 0.573 e. The topological polar surface area (TPSA) is 9.23 Å². The third-order valence-electron chi connectivity index (χ3n) is 4.32. The van der Waals surface area contributed by atoms with Crippen LogP contribution in [0.5, 0.6) is 5.75 Å². The van der Waals surface area contributed by atoms with Crippen LogP contribution >= 0.6 is 0 Å². The molecule has 0 unspecified atom stereocenters. The smallest absolute Gasteiger partial charge is 0.399 e. The highest BCUT2D eigenvalue weighted by Crippen LogP contribution is 2.34. The third kappa shape index (κ3) is 4.91. The molecule has 0 spiro atoms. The van der Waals surface area contributed by atoms with Crippen molar-refractivity contribution in [2.24, 2.45) is 0 Å². The van der Waals surface area contributed by atoms with Gasteiger partial charge in [0.15, 0.2) is 11.6 Å². The van der Waals surface area contributed by atoms with Crippen molar-refractivity contribution in [3.05, 3.63) is 77.6 Å². The standard InChI is InChI=1S/C22H16F6O/c1-2-3-13-4-6-14(7-5-13)15-8-9-17(18(23)10-15)16-11-19(24)21(20(25)12-16)29-22(26,27)28/h4-12H,2-3H2,1H3. The van der Waals surface area contributed by atoms with Gasteiger partial charge in [0.1, 0.15) is 5.82 Å². The summed E-state index contributed by atoms with van der Waals surface area (Å²) in [5, 5.41) is 0. The molecule has 0 fully saturated rings. The van der Waals surface area contributed by atoms with Crippen molar-refractivity contribution in [1.82, 2.24) is 0 Å². The summed E-state index contributed by atoms with van der Waals surface area (Å²) in [7, 11) is 0. The van der Waals surface area contributed by atoms with Gasteiger partial charge in [0.25, 0.3) is 0 Å². The molecule has 0 aromatic heterocycles. The van der Waals surface area contributed by atoms with Gasteiger partial charge < -0.3 is 4.74 Å². The number of rotatable bonds is 5. The molecule has 7 heteroatoms. The fourth-order valence-corrected chi connectivity index (χ4v) is 3.01. The summed E-state index contributed by atoms with van der Waals surface area (Å²) in [6.45, 7) is 2.06. The van der Waals surface area contributed by atoms with Crippen LogP contribution in [-0.2, 0) is 6.42 Å². The molecule has 0 saturated carbocycles. The van der Waals surface area contributed by atoms with E-state index >= 15 is 0 Å². The van der Waals surface area contributed by atoms with Crippen molar-refractivity contribution in [2.45, 2.75) is 26.1 Å². The molecule has 0 bridgehead atoms. The van der Waals surface area contributed by atoms with Crippen molar-refractivity contribution < 1.29 is 31.1 Å². The lowest BCUT2D eigenvalue weighted by Gasteiger charge is -2.13. The van der Waals surface area contributed by atoms with E-state index in [1.807, 2.05) is 24.3 Å². The van der Waals surface area contributed by atoms with Gasteiger partial charge in [0, 0.05) is 5.56 Å². The Morgan fingerprint density at radius 1 is 0.724 bits per heavy atom. The van der Waals surface area contributed by atoms with E-state index in [2.05, 4.69) is 11.7 Å². The van der Waals surface area contributed by atoms with Crippen LogP contribution in [0.1, 0.15) is 18.9 Å². The minimum absolute atomic E-state index is 0.146. The highest BCUT2D eigenvalue weighted by Gasteiger charge is 2.34. The van der Waals surface area contributed by atoms with Gasteiger partial charge in [0.2, 0.25) is 5.75 Å². The van der Waals surface area contributed by atoms with E-state index in [1.165, 1.54) is 12.1 Å². The van der Waals surface area contributed by atoms with E-state index < -0.39 is 29.6 Å². The van der Waals surface area contributed by atoms with Crippen molar-refractivity contribution in [2.75, 3.05) is 0 Å². The molecule has 29 heavy (non-hydrogen) atoms. The molecule has 3 aromatic rings. The second-order valence-corrected chi connectivity index (χ2v) is 6.46. The Labute approximate surface area is 163 Å². The van der Waals surface area contributed by atoms with Crippen molar-refractivity contribution in [1.29, 1.82) is 0 Å². The SMILES string of the molecule is CCCc1ccc(-c2ccc(-c3cc(F)c(OC(F)(F)F)c(F)c3)c(F)c2)cc1. The third-order valence-corrected chi connectivity index (χ3v) is 4.32. The predicted octanol–water partition coefficient (Wildman–Crippen LogP) is 7.29. The van der Waals surface area contributed by atoms with E-state index in [9.17, 15) is 26.3 Å². The van der Waals surface area contributed by atoms with E-state index in [1.54, 1.807) is 6.07 Å². The average molecular weight is 410 g/mol. The molecule has 0 aliphatic carbocycles. The van der Waals surface area contributed by atoms with Crippen LogP contribution in [0.4, 0.5) is 26.3 Å². The number of halogens is 6. The largest absolute Gasteiger partial charge is 0.573 e. The Morgan fingerprint density at radius 3 is 1.79 bits per heavy atom. The Morgan fingerprint density at radius 2 is 1.28 bits per heavy atom. The first-order valence-corrected chi connectivity index (χ1v) is 8.82. The summed E-state index contributed by atoms with van der Waals surface area (Å²) in [5.41, 5.74) is 2.10. The Kier molecular flexibility index (Phi) is 5.86. The van der Waals surface area contributed by atoms with Crippen LogP contribution in [0.25, 0.3) is 22.3 Å². The second-order valence-electron chi connectivity index (χ2n) is 6.46. The molecule has 0 aliphatic rings. The summed E-state index contributed by atoms with van der Waals surface area (Å²) >= 11 is 0. The molecular formula is C22H16F6O. The Balaban J connectivity index is 1.92. The molecule has 0 atom stereocenters. The zero-order chi connectivity index (χ0) is 21.2. The zero-order valence-electron chi connectivity index (χ0n) is 15.3. The molecule has 0 aliphatic heterocycles. The van der Waals surface area contributed by atoms with E-state index in [-0.39, 0.29) is 11.1 Å². The van der Waals surface area contributed by atoms with Gasteiger partial charge in [-0.15, -0.1) is 13.2 Å². The van der Waals surface area contributed by atoms with E-state index in [0.717, 1.165) is 24.0 Å². The molecule has 0 amide bonds. The first-order chi connectivity index (χ1) is 13.7. The number of hydrogen-bond acceptors (Lipinski definition) is 1. The number of ether oxygens (including phenoxy) is 1. The van der Waals surface area contributed by atoms with Crippen LogP contribution < -0.4 is 4.74 Å². The summed E-state index contributed by atoms with van der Waals surface area (Å²) in [4.78, 5) is 0. The lowest BCUT2D eigenvalue weighted by molar-refractivity contribution is -0.276. The first kappa shape index (κ1) is 20.8. The number of alkyl halides is 3. The number of aryl methyl sites for hydroxylation is 1. The Hall–Kier alpha value is -2.96. The summed E-state index contributed by atoms with van der Waals surface area (Å²) in [5.74, 6) is -5.49. The predicted molar refractivity (Wildman–Crippen MR) is 97.9 cm³/mol. The molecular weight excluding hydrogens is 394 g/mol.